The number of aryl methyl sites for hydroxylation is 1. The number of nitrogens with zero attached hydrogens (tertiary/aromatic N) is 4. The van der Waals surface area contributed by atoms with Crippen molar-refractivity contribution in [2.24, 2.45) is 7.05 Å². The van der Waals surface area contributed by atoms with E-state index >= 15 is 0 Å². The Morgan fingerprint density at radius 3 is 2.64 bits per heavy atom. The first-order valence-corrected chi connectivity index (χ1v) is 8.53. The first kappa shape index (κ1) is 19.7. The number of aromatic hydroxyl groups is 1. The summed E-state index contributed by atoms with van der Waals surface area (Å²) < 4.78 is 4.53. The first-order chi connectivity index (χ1) is 13.0. The zero-order chi connectivity index (χ0) is 19.1. The fourth-order valence-electron chi connectivity index (χ4n) is 3.05. The summed E-state index contributed by atoms with van der Waals surface area (Å²) in [6.07, 6.45) is 7.98. The number of hydrogen-bond acceptors (Lipinski definition) is 4. The van der Waals surface area contributed by atoms with E-state index in [0.29, 0.717) is 10.8 Å². The van der Waals surface area contributed by atoms with Gasteiger partial charge in [-0.25, -0.2) is 4.98 Å². The molecule has 0 bridgehead atoms. The summed E-state index contributed by atoms with van der Waals surface area (Å²) >= 11 is 5.99. The molecule has 7 nitrogen and oxygen atoms in total. The molecule has 3 heterocycles. The van der Waals surface area contributed by atoms with Crippen molar-refractivity contribution >= 4 is 29.5 Å². The van der Waals surface area contributed by atoms with Gasteiger partial charge in [0, 0.05) is 43.1 Å². The van der Waals surface area contributed by atoms with Crippen LogP contribution in [0.25, 0.3) is 16.9 Å². The van der Waals surface area contributed by atoms with Crippen LogP contribution in [-0.2, 0) is 13.6 Å². The number of aromatic nitrogens is 4. The zero-order valence-corrected chi connectivity index (χ0v) is 16.3. The molecule has 4 rings (SSSR count). The first-order valence-electron chi connectivity index (χ1n) is 8.15. The van der Waals surface area contributed by atoms with Gasteiger partial charge in [-0.3, -0.25) is 9.59 Å². The Labute approximate surface area is 170 Å². The lowest BCUT2D eigenvalue weighted by Gasteiger charge is -2.11. The van der Waals surface area contributed by atoms with Gasteiger partial charge >= 0.3 is 0 Å². The highest BCUT2D eigenvalue weighted by molar-refractivity contribution is 6.30. The van der Waals surface area contributed by atoms with Crippen molar-refractivity contribution in [3.8, 4) is 17.1 Å². The molecule has 0 saturated heterocycles. The van der Waals surface area contributed by atoms with Crippen molar-refractivity contribution in [2.45, 2.75) is 6.54 Å². The Morgan fingerprint density at radius 1 is 1.18 bits per heavy atom. The number of fused-ring (bicyclic) bond motifs is 1. The molecule has 0 atom stereocenters. The summed E-state index contributed by atoms with van der Waals surface area (Å²) in [7, 11) is 1.75. The van der Waals surface area contributed by atoms with Gasteiger partial charge in [0.15, 0.2) is 11.3 Å². The SMILES string of the molecule is Cl.Cn1ccnc1-c1cn2ccn(Cc3cccc(Cl)c3)c(=O)c2c(O)c1=O. The smallest absolute Gasteiger partial charge is 0.279 e. The zero-order valence-electron chi connectivity index (χ0n) is 14.7. The molecule has 144 valence electrons. The van der Waals surface area contributed by atoms with Crippen molar-refractivity contribution in [1.82, 2.24) is 18.5 Å². The maximum Gasteiger partial charge on any atom is 0.279 e. The highest BCUT2D eigenvalue weighted by atomic mass is 35.5. The van der Waals surface area contributed by atoms with Crippen molar-refractivity contribution in [3.63, 3.8) is 0 Å². The van der Waals surface area contributed by atoms with Gasteiger partial charge in [-0.2, -0.15) is 0 Å². The Morgan fingerprint density at radius 2 is 1.96 bits per heavy atom. The van der Waals surface area contributed by atoms with Crippen LogP contribution in [0, 0.1) is 0 Å². The summed E-state index contributed by atoms with van der Waals surface area (Å²) in [5.41, 5.74) is -0.146. The Kier molecular flexibility index (Phi) is 5.31. The van der Waals surface area contributed by atoms with Crippen LogP contribution in [0.15, 0.2) is 64.8 Å². The standard InChI is InChI=1S/C19H15ClN4O3.ClH/c1-22-6-5-21-18(22)14-11-23-7-8-24(10-12-3-2-4-13(20)9-12)19(27)15(23)17(26)16(14)25;/h2-9,11,26H,10H2,1H3;1H. The van der Waals surface area contributed by atoms with E-state index in [0.717, 1.165) is 5.56 Å². The minimum atomic E-state index is -0.637. The molecular formula is C19H16Cl2N4O3. The van der Waals surface area contributed by atoms with Crippen LogP contribution < -0.4 is 11.0 Å². The number of benzene rings is 1. The van der Waals surface area contributed by atoms with Gasteiger partial charge in [0.2, 0.25) is 5.43 Å². The van der Waals surface area contributed by atoms with Gasteiger partial charge in [0.05, 0.1) is 12.1 Å². The van der Waals surface area contributed by atoms with Crippen LogP contribution in [0.2, 0.25) is 5.02 Å². The van der Waals surface area contributed by atoms with Crippen LogP contribution in [0.3, 0.4) is 0 Å². The average Bonchev–Trinajstić information content (AvgIpc) is 3.06. The third-order valence-corrected chi connectivity index (χ3v) is 4.62. The highest BCUT2D eigenvalue weighted by Crippen LogP contribution is 2.18. The van der Waals surface area contributed by atoms with E-state index in [4.69, 9.17) is 11.6 Å². The van der Waals surface area contributed by atoms with Crippen LogP contribution in [0.5, 0.6) is 5.75 Å². The minimum absolute atomic E-state index is 0. The van der Waals surface area contributed by atoms with E-state index in [1.807, 2.05) is 6.07 Å². The third-order valence-electron chi connectivity index (χ3n) is 4.39. The summed E-state index contributed by atoms with van der Waals surface area (Å²) in [5, 5.41) is 11.0. The van der Waals surface area contributed by atoms with E-state index in [1.165, 1.54) is 15.2 Å². The fraction of sp³-hybridized carbons (Fsp3) is 0.105. The lowest BCUT2D eigenvalue weighted by atomic mass is 10.2. The average molecular weight is 419 g/mol. The van der Waals surface area contributed by atoms with Crippen molar-refractivity contribution in [3.05, 3.63) is 86.4 Å². The molecule has 0 unspecified atom stereocenters. The Hall–Kier alpha value is -3.03. The maximum absolute atomic E-state index is 12.8. The van der Waals surface area contributed by atoms with Crippen molar-refractivity contribution in [2.75, 3.05) is 0 Å². The van der Waals surface area contributed by atoms with E-state index in [9.17, 15) is 14.7 Å². The molecule has 0 saturated carbocycles. The molecule has 3 aromatic heterocycles. The Balaban J connectivity index is 0.00000225. The molecule has 0 aliphatic rings. The predicted molar refractivity (Wildman–Crippen MR) is 110 cm³/mol. The third kappa shape index (κ3) is 3.30. The molecule has 0 aliphatic carbocycles. The summed E-state index contributed by atoms with van der Waals surface area (Å²) in [6, 6.07) is 7.15. The van der Waals surface area contributed by atoms with Crippen molar-refractivity contribution in [1.29, 1.82) is 0 Å². The second kappa shape index (κ2) is 7.53. The summed E-state index contributed by atoms with van der Waals surface area (Å²) in [5.74, 6) is -0.186. The van der Waals surface area contributed by atoms with Gasteiger partial charge < -0.3 is 18.6 Å². The van der Waals surface area contributed by atoms with Gasteiger partial charge in [-0.05, 0) is 17.7 Å². The molecule has 0 aliphatic heterocycles. The highest BCUT2D eigenvalue weighted by Gasteiger charge is 2.17. The van der Waals surface area contributed by atoms with Gasteiger partial charge in [-0.15, -0.1) is 12.4 Å². The maximum atomic E-state index is 12.8. The lowest BCUT2D eigenvalue weighted by Crippen LogP contribution is -2.24. The lowest BCUT2D eigenvalue weighted by molar-refractivity contribution is 0.472. The minimum Gasteiger partial charge on any atom is -0.503 e. The van der Waals surface area contributed by atoms with Gasteiger partial charge in [0.25, 0.3) is 5.56 Å². The molecule has 0 amide bonds. The molecule has 0 radical (unpaired) electrons. The van der Waals surface area contributed by atoms with E-state index in [2.05, 4.69) is 4.98 Å². The molecule has 1 aromatic carbocycles. The van der Waals surface area contributed by atoms with Gasteiger partial charge in [-0.1, -0.05) is 23.7 Å². The molecule has 0 spiro atoms. The second-order valence-corrected chi connectivity index (χ2v) is 6.64. The van der Waals surface area contributed by atoms with E-state index < -0.39 is 16.7 Å². The number of pyridine rings is 1. The predicted octanol–water partition coefficient (Wildman–Crippen LogP) is 2.69. The van der Waals surface area contributed by atoms with Crippen LogP contribution in [0.1, 0.15) is 5.56 Å². The fourth-order valence-corrected chi connectivity index (χ4v) is 3.26. The normalized spacial score (nSPS) is 10.8. The Bertz CT molecular complexity index is 1290. The number of halogens is 2. The summed E-state index contributed by atoms with van der Waals surface area (Å²) in [4.78, 5) is 29.6. The molecule has 9 heteroatoms. The molecule has 1 N–H and O–H groups in total. The summed E-state index contributed by atoms with van der Waals surface area (Å²) in [6.45, 7) is 0.268. The molecule has 28 heavy (non-hydrogen) atoms. The molecular weight excluding hydrogens is 403 g/mol. The topological polar surface area (TPSA) is 81.5 Å². The molecule has 4 aromatic rings. The number of imidazole rings is 1. The largest absolute Gasteiger partial charge is 0.503 e. The van der Waals surface area contributed by atoms with Crippen LogP contribution >= 0.6 is 24.0 Å². The second-order valence-electron chi connectivity index (χ2n) is 6.20. The number of hydrogen-bond donors (Lipinski definition) is 1. The van der Waals surface area contributed by atoms with E-state index in [-0.39, 0.29) is 30.0 Å². The van der Waals surface area contributed by atoms with E-state index in [1.54, 1.807) is 54.6 Å². The monoisotopic (exact) mass is 418 g/mol. The van der Waals surface area contributed by atoms with Gasteiger partial charge in [0.1, 0.15) is 5.82 Å². The van der Waals surface area contributed by atoms with Crippen LogP contribution in [-0.4, -0.2) is 23.6 Å². The molecule has 0 fully saturated rings. The quantitative estimate of drug-likeness (QED) is 0.554. The van der Waals surface area contributed by atoms with Crippen LogP contribution in [0.4, 0.5) is 0 Å². The van der Waals surface area contributed by atoms with Crippen molar-refractivity contribution < 1.29 is 5.11 Å². The number of rotatable bonds is 3.